The number of non-ortho nitro benzene ring substituents is 1. The van der Waals surface area contributed by atoms with Gasteiger partial charge in [0.25, 0.3) is 5.69 Å². The quantitative estimate of drug-likeness (QED) is 0.440. The van der Waals surface area contributed by atoms with Gasteiger partial charge in [0.2, 0.25) is 0 Å². The van der Waals surface area contributed by atoms with E-state index in [9.17, 15) is 10.1 Å². The SMILES string of the molecule is Cc1cc(Br)cc(C)c1Nc1cc(NN)cc([N+](=O)[O-])c1. The minimum Gasteiger partial charge on any atom is -0.355 e. The van der Waals surface area contributed by atoms with Crippen LogP contribution in [0.2, 0.25) is 0 Å². The molecule has 2 aromatic rings. The molecule has 0 bridgehead atoms. The van der Waals surface area contributed by atoms with Crippen LogP contribution in [0, 0.1) is 24.0 Å². The average Bonchev–Trinajstić information content (AvgIpc) is 2.42. The predicted molar refractivity (Wildman–Crippen MR) is 87.8 cm³/mol. The van der Waals surface area contributed by atoms with Gasteiger partial charge in [0.1, 0.15) is 0 Å². The van der Waals surface area contributed by atoms with Crippen LogP contribution in [0.1, 0.15) is 11.1 Å². The van der Waals surface area contributed by atoms with Crippen LogP contribution in [0.5, 0.6) is 0 Å². The Morgan fingerprint density at radius 1 is 1.10 bits per heavy atom. The fraction of sp³-hybridized carbons (Fsp3) is 0.143. The number of benzene rings is 2. The molecule has 0 amide bonds. The molecular formula is C14H15BrN4O2. The van der Waals surface area contributed by atoms with E-state index < -0.39 is 4.92 Å². The largest absolute Gasteiger partial charge is 0.355 e. The first-order chi connectivity index (χ1) is 9.90. The van der Waals surface area contributed by atoms with Gasteiger partial charge < -0.3 is 10.7 Å². The summed E-state index contributed by atoms with van der Waals surface area (Å²) in [6, 6.07) is 8.53. The number of nitrogen functional groups attached to an aromatic ring is 1. The number of anilines is 3. The molecule has 0 aliphatic rings. The fourth-order valence-corrected chi connectivity index (χ4v) is 2.81. The van der Waals surface area contributed by atoms with E-state index in [1.807, 2.05) is 26.0 Å². The van der Waals surface area contributed by atoms with Crippen LogP contribution < -0.4 is 16.6 Å². The van der Waals surface area contributed by atoms with Crippen LogP contribution in [0.4, 0.5) is 22.7 Å². The lowest BCUT2D eigenvalue weighted by molar-refractivity contribution is -0.384. The minimum absolute atomic E-state index is 0.0274. The molecule has 21 heavy (non-hydrogen) atoms. The fourth-order valence-electron chi connectivity index (χ4n) is 2.12. The highest BCUT2D eigenvalue weighted by molar-refractivity contribution is 9.10. The van der Waals surface area contributed by atoms with Crippen molar-refractivity contribution in [3.63, 3.8) is 0 Å². The Bertz CT molecular complexity index is 680. The van der Waals surface area contributed by atoms with Crippen molar-refractivity contribution in [3.8, 4) is 0 Å². The van der Waals surface area contributed by atoms with Gasteiger partial charge in [0.15, 0.2) is 0 Å². The number of nitrogens with two attached hydrogens (primary N) is 1. The maximum atomic E-state index is 11.0. The molecule has 0 saturated heterocycles. The first-order valence-corrected chi connectivity index (χ1v) is 7.00. The number of nitro benzene ring substituents is 1. The lowest BCUT2D eigenvalue weighted by Gasteiger charge is -2.14. The highest BCUT2D eigenvalue weighted by atomic mass is 79.9. The molecule has 0 fully saturated rings. The second-order valence-corrected chi connectivity index (χ2v) is 5.63. The summed E-state index contributed by atoms with van der Waals surface area (Å²) in [6.45, 7) is 3.94. The molecule has 2 aromatic carbocycles. The maximum Gasteiger partial charge on any atom is 0.273 e. The lowest BCUT2D eigenvalue weighted by atomic mass is 10.1. The summed E-state index contributed by atoms with van der Waals surface area (Å²) >= 11 is 3.44. The van der Waals surface area contributed by atoms with Crippen LogP contribution in [0.15, 0.2) is 34.8 Å². The molecule has 7 heteroatoms. The van der Waals surface area contributed by atoms with Crippen molar-refractivity contribution in [1.82, 2.24) is 0 Å². The van der Waals surface area contributed by atoms with E-state index in [1.54, 1.807) is 6.07 Å². The van der Waals surface area contributed by atoms with E-state index in [-0.39, 0.29) is 5.69 Å². The van der Waals surface area contributed by atoms with Crippen LogP contribution in [0.25, 0.3) is 0 Å². The second-order valence-electron chi connectivity index (χ2n) is 4.71. The van der Waals surface area contributed by atoms with Gasteiger partial charge in [-0.3, -0.25) is 16.0 Å². The van der Waals surface area contributed by atoms with Gasteiger partial charge in [-0.25, -0.2) is 0 Å². The van der Waals surface area contributed by atoms with Gasteiger partial charge >= 0.3 is 0 Å². The zero-order chi connectivity index (χ0) is 15.6. The summed E-state index contributed by atoms with van der Waals surface area (Å²) in [4.78, 5) is 10.5. The summed E-state index contributed by atoms with van der Waals surface area (Å²) in [5.41, 5.74) is 6.47. The highest BCUT2D eigenvalue weighted by Gasteiger charge is 2.11. The number of hydrogen-bond donors (Lipinski definition) is 3. The van der Waals surface area contributed by atoms with Gasteiger partial charge in [-0.1, -0.05) is 15.9 Å². The lowest BCUT2D eigenvalue weighted by Crippen LogP contribution is -2.07. The zero-order valence-corrected chi connectivity index (χ0v) is 13.2. The van der Waals surface area contributed by atoms with E-state index in [0.29, 0.717) is 11.4 Å². The average molecular weight is 351 g/mol. The van der Waals surface area contributed by atoms with E-state index >= 15 is 0 Å². The molecule has 0 saturated carbocycles. The standard InChI is InChI=1S/C14H15BrN4O2/c1-8-3-10(15)4-9(2)14(8)17-11-5-12(18-16)7-13(6-11)19(20)21/h3-7,17-18H,16H2,1-2H3. The monoisotopic (exact) mass is 350 g/mol. The summed E-state index contributed by atoms with van der Waals surface area (Å²) in [5, 5.41) is 14.2. The van der Waals surface area contributed by atoms with Crippen molar-refractivity contribution in [2.24, 2.45) is 5.84 Å². The van der Waals surface area contributed by atoms with Crippen LogP contribution in [-0.4, -0.2) is 4.92 Å². The Morgan fingerprint density at radius 3 is 2.19 bits per heavy atom. The molecule has 0 aromatic heterocycles. The Labute approximate surface area is 130 Å². The van der Waals surface area contributed by atoms with E-state index in [1.165, 1.54) is 12.1 Å². The Balaban J connectivity index is 2.44. The molecule has 110 valence electrons. The number of hydrazine groups is 1. The summed E-state index contributed by atoms with van der Waals surface area (Å²) < 4.78 is 0.992. The normalized spacial score (nSPS) is 10.3. The third-order valence-corrected chi connectivity index (χ3v) is 3.52. The third-order valence-electron chi connectivity index (χ3n) is 3.06. The van der Waals surface area contributed by atoms with Crippen LogP contribution in [-0.2, 0) is 0 Å². The molecule has 6 nitrogen and oxygen atoms in total. The Hall–Kier alpha value is -2.12. The Morgan fingerprint density at radius 2 is 1.67 bits per heavy atom. The zero-order valence-electron chi connectivity index (χ0n) is 11.6. The molecule has 0 aliphatic heterocycles. The van der Waals surface area contributed by atoms with Crippen molar-refractivity contribution < 1.29 is 4.92 Å². The number of nitrogens with zero attached hydrogens (tertiary/aromatic N) is 1. The van der Waals surface area contributed by atoms with Gasteiger partial charge in [0.05, 0.1) is 10.6 Å². The summed E-state index contributed by atoms with van der Waals surface area (Å²) in [6.07, 6.45) is 0. The van der Waals surface area contributed by atoms with Gasteiger partial charge in [-0.15, -0.1) is 0 Å². The first-order valence-electron chi connectivity index (χ1n) is 6.20. The van der Waals surface area contributed by atoms with E-state index in [0.717, 1.165) is 21.3 Å². The molecule has 0 heterocycles. The molecule has 0 unspecified atom stereocenters. The van der Waals surface area contributed by atoms with Crippen molar-refractivity contribution in [1.29, 1.82) is 0 Å². The minimum atomic E-state index is -0.451. The summed E-state index contributed by atoms with van der Waals surface area (Å²) in [7, 11) is 0. The topological polar surface area (TPSA) is 93.2 Å². The molecule has 0 aliphatic carbocycles. The maximum absolute atomic E-state index is 11.0. The smallest absolute Gasteiger partial charge is 0.273 e. The molecule has 4 N–H and O–H groups in total. The predicted octanol–water partition coefficient (Wildman–Crippen LogP) is 4.00. The van der Waals surface area contributed by atoms with Gasteiger partial charge in [0, 0.05) is 28.0 Å². The van der Waals surface area contributed by atoms with Crippen molar-refractivity contribution in [3.05, 3.63) is 56.0 Å². The number of nitro groups is 1. The van der Waals surface area contributed by atoms with E-state index in [4.69, 9.17) is 5.84 Å². The van der Waals surface area contributed by atoms with Gasteiger partial charge in [-0.05, 0) is 43.2 Å². The molecule has 0 spiro atoms. The van der Waals surface area contributed by atoms with Crippen LogP contribution in [0.3, 0.4) is 0 Å². The molecule has 0 atom stereocenters. The number of rotatable bonds is 4. The third kappa shape index (κ3) is 3.50. The van der Waals surface area contributed by atoms with Crippen molar-refractivity contribution in [2.45, 2.75) is 13.8 Å². The Kier molecular flexibility index (Phi) is 4.44. The number of halogens is 1. The number of nitrogens with one attached hydrogen (secondary N) is 2. The van der Waals surface area contributed by atoms with Gasteiger partial charge in [-0.2, -0.15) is 0 Å². The second kappa shape index (κ2) is 6.11. The molecular weight excluding hydrogens is 336 g/mol. The first kappa shape index (κ1) is 15.3. The van der Waals surface area contributed by atoms with Crippen LogP contribution >= 0.6 is 15.9 Å². The van der Waals surface area contributed by atoms with E-state index in [2.05, 4.69) is 26.7 Å². The van der Waals surface area contributed by atoms with Crippen molar-refractivity contribution in [2.75, 3.05) is 10.7 Å². The summed E-state index contributed by atoms with van der Waals surface area (Å²) in [5.74, 6) is 5.35. The number of aryl methyl sites for hydroxylation is 2. The molecule has 2 rings (SSSR count). The number of hydrogen-bond acceptors (Lipinski definition) is 5. The van der Waals surface area contributed by atoms with Crippen molar-refractivity contribution >= 4 is 38.7 Å². The molecule has 0 radical (unpaired) electrons. The highest BCUT2D eigenvalue weighted by Crippen LogP contribution is 2.31.